The summed E-state index contributed by atoms with van der Waals surface area (Å²) in [6.45, 7) is 2.50. The second-order valence-corrected chi connectivity index (χ2v) is 3.67. The SMILES string of the molecule is CNCc1nc(C(=O)O)c2ccc(C)cn12. The number of carboxylic acid groups (broad SMARTS) is 1. The molecule has 0 radical (unpaired) electrons. The Morgan fingerprint density at radius 1 is 1.56 bits per heavy atom. The number of aryl methyl sites for hydroxylation is 1. The van der Waals surface area contributed by atoms with Crippen molar-refractivity contribution >= 4 is 11.5 Å². The number of hydrogen-bond donors (Lipinski definition) is 2. The first kappa shape index (κ1) is 10.6. The average Bonchev–Trinajstić information content (AvgIpc) is 2.58. The Balaban J connectivity index is 2.71. The number of aromatic nitrogens is 2. The minimum Gasteiger partial charge on any atom is -0.476 e. The van der Waals surface area contributed by atoms with Gasteiger partial charge < -0.3 is 14.8 Å². The Morgan fingerprint density at radius 2 is 2.31 bits per heavy atom. The molecule has 0 aliphatic heterocycles. The van der Waals surface area contributed by atoms with E-state index in [0.29, 0.717) is 17.9 Å². The van der Waals surface area contributed by atoms with Gasteiger partial charge in [0.15, 0.2) is 5.69 Å². The van der Waals surface area contributed by atoms with Crippen LogP contribution in [0, 0.1) is 6.92 Å². The molecule has 2 N–H and O–H groups in total. The minimum atomic E-state index is -0.997. The Bertz CT molecular complexity index is 545. The number of carbonyl (C=O) groups is 1. The van der Waals surface area contributed by atoms with Crippen molar-refractivity contribution in [2.45, 2.75) is 13.5 Å². The number of pyridine rings is 1. The number of nitrogens with one attached hydrogen (secondary N) is 1. The third-order valence-corrected chi connectivity index (χ3v) is 2.40. The molecule has 5 heteroatoms. The monoisotopic (exact) mass is 219 g/mol. The molecule has 84 valence electrons. The topological polar surface area (TPSA) is 66.6 Å². The molecule has 2 aromatic heterocycles. The van der Waals surface area contributed by atoms with Crippen LogP contribution in [-0.2, 0) is 6.54 Å². The van der Waals surface area contributed by atoms with Crippen LogP contribution in [0.4, 0.5) is 0 Å². The van der Waals surface area contributed by atoms with Crippen LogP contribution in [0.2, 0.25) is 0 Å². The maximum absolute atomic E-state index is 11.0. The van der Waals surface area contributed by atoms with Gasteiger partial charge >= 0.3 is 5.97 Å². The number of rotatable bonds is 3. The van der Waals surface area contributed by atoms with Crippen LogP contribution in [0.3, 0.4) is 0 Å². The van der Waals surface area contributed by atoms with Crippen LogP contribution in [-0.4, -0.2) is 27.5 Å². The van der Waals surface area contributed by atoms with E-state index in [1.807, 2.05) is 23.6 Å². The van der Waals surface area contributed by atoms with Crippen LogP contribution in [0.15, 0.2) is 18.3 Å². The van der Waals surface area contributed by atoms with Crippen molar-refractivity contribution in [2.24, 2.45) is 0 Å². The summed E-state index contributed by atoms with van der Waals surface area (Å²) in [5.74, 6) is -0.290. The fourth-order valence-corrected chi connectivity index (χ4v) is 1.69. The molecule has 0 bridgehead atoms. The molecule has 0 spiro atoms. The van der Waals surface area contributed by atoms with Gasteiger partial charge in [-0.15, -0.1) is 0 Å². The van der Waals surface area contributed by atoms with Gasteiger partial charge in [0.05, 0.1) is 12.1 Å². The highest BCUT2D eigenvalue weighted by atomic mass is 16.4. The lowest BCUT2D eigenvalue weighted by Crippen LogP contribution is -2.09. The molecule has 16 heavy (non-hydrogen) atoms. The van der Waals surface area contributed by atoms with E-state index in [1.54, 1.807) is 13.1 Å². The summed E-state index contributed by atoms with van der Waals surface area (Å²) in [4.78, 5) is 15.1. The maximum Gasteiger partial charge on any atom is 0.356 e. The lowest BCUT2D eigenvalue weighted by Gasteiger charge is -2.01. The van der Waals surface area contributed by atoms with Gasteiger partial charge in [-0.1, -0.05) is 6.07 Å². The molecule has 2 rings (SSSR count). The third kappa shape index (κ3) is 1.65. The summed E-state index contributed by atoms with van der Waals surface area (Å²) < 4.78 is 1.81. The zero-order chi connectivity index (χ0) is 11.7. The number of fused-ring (bicyclic) bond motifs is 1. The molecule has 0 unspecified atom stereocenters. The minimum absolute atomic E-state index is 0.102. The largest absolute Gasteiger partial charge is 0.476 e. The summed E-state index contributed by atoms with van der Waals surface area (Å²) in [6, 6.07) is 3.66. The zero-order valence-electron chi connectivity index (χ0n) is 9.19. The van der Waals surface area contributed by atoms with E-state index in [2.05, 4.69) is 10.3 Å². The third-order valence-electron chi connectivity index (χ3n) is 2.40. The first-order valence-corrected chi connectivity index (χ1v) is 4.99. The van der Waals surface area contributed by atoms with Crippen LogP contribution >= 0.6 is 0 Å². The second-order valence-electron chi connectivity index (χ2n) is 3.67. The van der Waals surface area contributed by atoms with Crippen molar-refractivity contribution in [2.75, 3.05) is 7.05 Å². The highest BCUT2D eigenvalue weighted by Gasteiger charge is 2.15. The Hall–Kier alpha value is -1.88. The smallest absolute Gasteiger partial charge is 0.356 e. The molecule has 0 fully saturated rings. The van der Waals surface area contributed by atoms with Crippen LogP contribution < -0.4 is 5.32 Å². The number of carboxylic acids is 1. The number of nitrogens with zero attached hydrogens (tertiary/aromatic N) is 2. The standard InChI is InChI=1S/C11H13N3O2/c1-7-3-4-8-10(11(15)16)13-9(5-12-2)14(8)6-7/h3-4,6,12H,5H2,1-2H3,(H,15,16). The first-order valence-electron chi connectivity index (χ1n) is 4.99. The quantitative estimate of drug-likeness (QED) is 0.810. The van der Waals surface area contributed by atoms with Gasteiger partial charge in [-0.2, -0.15) is 0 Å². The normalized spacial score (nSPS) is 10.9. The van der Waals surface area contributed by atoms with Crippen molar-refractivity contribution in [1.29, 1.82) is 0 Å². The summed E-state index contributed by atoms with van der Waals surface area (Å²) >= 11 is 0. The van der Waals surface area contributed by atoms with E-state index < -0.39 is 5.97 Å². The summed E-state index contributed by atoms with van der Waals surface area (Å²) in [7, 11) is 1.80. The van der Waals surface area contributed by atoms with Crippen molar-refractivity contribution in [3.05, 3.63) is 35.4 Å². The van der Waals surface area contributed by atoms with Crippen molar-refractivity contribution in [3.8, 4) is 0 Å². The van der Waals surface area contributed by atoms with Crippen LogP contribution in [0.25, 0.3) is 5.52 Å². The molecular formula is C11H13N3O2. The van der Waals surface area contributed by atoms with E-state index in [1.165, 1.54) is 0 Å². The summed E-state index contributed by atoms with van der Waals surface area (Å²) in [5.41, 5.74) is 1.80. The van der Waals surface area contributed by atoms with Gasteiger partial charge in [0.2, 0.25) is 0 Å². The van der Waals surface area contributed by atoms with E-state index in [-0.39, 0.29) is 5.69 Å². The van der Waals surface area contributed by atoms with Gasteiger partial charge in [0.25, 0.3) is 0 Å². The van der Waals surface area contributed by atoms with E-state index >= 15 is 0 Å². The molecule has 0 amide bonds. The molecule has 0 atom stereocenters. The van der Waals surface area contributed by atoms with E-state index in [9.17, 15) is 4.79 Å². The number of imidazole rings is 1. The average molecular weight is 219 g/mol. The van der Waals surface area contributed by atoms with Crippen molar-refractivity contribution < 1.29 is 9.90 Å². The Morgan fingerprint density at radius 3 is 2.94 bits per heavy atom. The maximum atomic E-state index is 11.0. The fraction of sp³-hybridized carbons (Fsp3) is 0.273. The molecular weight excluding hydrogens is 206 g/mol. The van der Waals surface area contributed by atoms with Gasteiger partial charge in [-0.25, -0.2) is 9.78 Å². The molecule has 0 aromatic carbocycles. The van der Waals surface area contributed by atoms with Crippen molar-refractivity contribution in [3.63, 3.8) is 0 Å². The van der Waals surface area contributed by atoms with Gasteiger partial charge in [0.1, 0.15) is 5.82 Å². The first-order chi connectivity index (χ1) is 7.63. The summed E-state index contributed by atoms with van der Waals surface area (Å²) in [6.07, 6.45) is 1.89. The summed E-state index contributed by atoms with van der Waals surface area (Å²) in [5, 5.41) is 12.0. The Kier molecular flexibility index (Phi) is 2.62. The molecule has 0 aliphatic rings. The molecule has 0 saturated carbocycles. The lowest BCUT2D eigenvalue weighted by molar-refractivity contribution is 0.0693. The Labute approximate surface area is 92.7 Å². The van der Waals surface area contributed by atoms with Gasteiger partial charge in [0, 0.05) is 6.20 Å². The number of aromatic carboxylic acids is 1. The fourth-order valence-electron chi connectivity index (χ4n) is 1.69. The van der Waals surface area contributed by atoms with E-state index in [0.717, 1.165) is 5.56 Å². The van der Waals surface area contributed by atoms with Crippen molar-refractivity contribution in [1.82, 2.24) is 14.7 Å². The van der Waals surface area contributed by atoms with Gasteiger partial charge in [-0.3, -0.25) is 0 Å². The van der Waals surface area contributed by atoms with Crippen LogP contribution in [0.5, 0.6) is 0 Å². The molecule has 2 heterocycles. The molecule has 0 saturated heterocycles. The molecule has 2 aromatic rings. The molecule has 0 aliphatic carbocycles. The van der Waals surface area contributed by atoms with Gasteiger partial charge in [-0.05, 0) is 25.6 Å². The highest BCUT2D eigenvalue weighted by molar-refractivity contribution is 5.93. The highest BCUT2D eigenvalue weighted by Crippen LogP contribution is 2.14. The second kappa shape index (κ2) is 3.94. The predicted molar refractivity (Wildman–Crippen MR) is 59.7 cm³/mol. The van der Waals surface area contributed by atoms with Crippen LogP contribution in [0.1, 0.15) is 21.9 Å². The number of hydrogen-bond acceptors (Lipinski definition) is 3. The zero-order valence-corrected chi connectivity index (χ0v) is 9.19. The van der Waals surface area contributed by atoms with E-state index in [4.69, 9.17) is 5.11 Å². The predicted octanol–water partition coefficient (Wildman–Crippen LogP) is 1.06. The molecule has 5 nitrogen and oxygen atoms in total. The lowest BCUT2D eigenvalue weighted by atomic mass is 10.2.